The molecule has 148 valence electrons. The van der Waals surface area contributed by atoms with E-state index in [0.717, 1.165) is 25.1 Å². The van der Waals surface area contributed by atoms with Gasteiger partial charge in [0.1, 0.15) is 11.7 Å². The number of rotatable bonds is 1. The van der Waals surface area contributed by atoms with Gasteiger partial charge in [-0.15, -0.1) is 0 Å². The fourth-order valence-corrected chi connectivity index (χ4v) is 4.02. The minimum atomic E-state index is 0.312. The van der Waals surface area contributed by atoms with Gasteiger partial charge in [-0.25, -0.2) is 0 Å². The first-order valence-electron chi connectivity index (χ1n) is 10.2. The van der Waals surface area contributed by atoms with Crippen LogP contribution < -0.4 is 4.90 Å². The highest BCUT2D eigenvalue weighted by Gasteiger charge is 2.30. The first-order chi connectivity index (χ1) is 13.6. The molecule has 5 nitrogen and oxygen atoms in total. The highest BCUT2D eigenvalue weighted by atomic mass is 15.3. The topological polar surface area (TPSA) is 67.1 Å². The second-order valence-corrected chi connectivity index (χ2v) is 7.83. The number of nitrogens with one attached hydrogen (secondary N) is 2. The zero-order valence-electron chi connectivity index (χ0n) is 17.0. The Morgan fingerprint density at radius 1 is 1.04 bits per heavy atom. The lowest BCUT2D eigenvalue weighted by Crippen LogP contribution is -2.43. The van der Waals surface area contributed by atoms with Crippen molar-refractivity contribution in [2.24, 2.45) is 5.92 Å². The van der Waals surface area contributed by atoms with E-state index in [1.165, 1.54) is 30.4 Å². The molecule has 0 bridgehead atoms. The number of aromatic nitrogens is 1. The molecule has 2 N–H and O–H groups in total. The Balaban J connectivity index is 0.000000320. The number of fused-ring (bicyclic) bond motifs is 1. The molecule has 5 heteroatoms. The molecule has 0 atom stereocenters. The van der Waals surface area contributed by atoms with Crippen LogP contribution in [-0.4, -0.2) is 35.1 Å². The van der Waals surface area contributed by atoms with Crippen molar-refractivity contribution >= 4 is 17.4 Å². The molecule has 1 aliphatic carbocycles. The Labute approximate surface area is 168 Å². The van der Waals surface area contributed by atoms with E-state index in [1.807, 2.05) is 30.1 Å². The van der Waals surface area contributed by atoms with Crippen molar-refractivity contribution in [1.82, 2.24) is 9.88 Å². The summed E-state index contributed by atoms with van der Waals surface area (Å²) in [6.07, 6.45) is 9.42. The van der Waals surface area contributed by atoms with E-state index in [1.54, 1.807) is 12.4 Å². The molecule has 1 aliphatic heterocycles. The monoisotopic (exact) mass is 377 g/mol. The number of amidine groups is 2. The third-order valence-electron chi connectivity index (χ3n) is 5.41. The zero-order valence-corrected chi connectivity index (χ0v) is 17.0. The zero-order chi connectivity index (χ0) is 19.9. The van der Waals surface area contributed by atoms with Crippen LogP contribution in [0.5, 0.6) is 0 Å². The van der Waals surface area contributed by atoms with Crippen LogP contribution in [0.25, 0.3) is 0 Å². The van der Waals surface area contributed by atoms with Crippen molar-refractivity contribution in [2.75, 3.05) is 18.5 Å². The number of pyridine rings is 1. The van der Waals surface area contributed by atoms with Crippen LogP contribution in [0.2, 0.25) is 0 Å². The Kier molecular flexibility index (Phi) is 6.93. The smallest absolute Gasteiger partial charge is 0.120 e. The summed E-state index contributed by atoms with van der Waals surface area (Å²) < 4.78 is 0. The van der Waals surface area contributed by atoms with E-state index in [2.05, 4.69) is 35.0 Å². The lowest BCUT2D eigenvalue weighted by Gasteiger charge is -2.32. The standard InChI is InChI=1S/C18H26N4.C5H5N/c1-13-8-9-16-15(10-13)11-21(2)12-17(19)22(16)18(20)14-6-4-3-5-7-14;1-2-4-6-5-3-1/h8-10,14,19-20H,3-7,11-12H2,1-2H3;1-5H. The molecule has 0 amide bonds. The summed E-state index contributed by atoms with van der Waals surface area (Å²) in [6, 6.07) is 12.1. The summed E-state index contributed by atoms with van der Waals surface area (Å²) in [5.41, 5.74) is 3.51. The van der Waals surface area contributed by atoms with Gasteiger partial charge in [0.2, 0.25) is 0 Å². The van der Waals surface area contributed by atoms with Crippen LogP contribution in [0, 0.1) is 23.7 Å². The lowest BCUT2D eigenvalue weighted by atomic mass is 9.87. The predicted octanol–water partition coefficient (Wildman–Crippen LogP) is 4.86. The Morgan fingerprint density at radius 2 is 1.75 bits per heavy atom. The molecular weight excluding hydrogens is 346 g/mol. The minimum absolute atomic E-state index is 0.312. The van der Waals surface area contributed by atoms with Gasteiger partial charge in [0.05, 0.1) is 12.2 Å². The van der Waals surface area contributed by atoms with Crippen LogP contribution >= 0.6 is 0 Å². The average molecular weight is 378 g/mol. The maximum Gasteiger partial charge on any atom is 0.120 e. The number of anilines is 1. The summed E-state index contributed by atoms with van der Waals surface area (Å²) in [7, 11) is 2.05. The molecule has 0 radical (unpaired) electrons. The largest absolute Gasteiger partial charge is 0.295 e. The molecule has 1 fully saturated rings. The van der Waals surface area contributed by atoms with E-state index in [0.29, 0.717) is 24.1 Å². The molecule has 2 aromatic rings. The van der Waals surface area contributed by atoms with Crippen LogP contribution in [-0.2, 0) is 6.54 Å². The third kappa shape index (κ3) is 5.04. The van der Waals surface area contributed by atoms with E-state index in [-0.39, 0.29) is 0 Å². The molecule has 0 spiro atoms. The minimum Gasteiger partial charge on any atom is -0.295 e. The fourth-order valence-electron chi connectivity index (χ4n) is 4.02. The van der Waals surface area contributed by atoms with E-state index in [4.69, 9.17) is 10.8 Å². The molecule has 0 unspecified atom stereocenters. The van der Waals surface area contributed by atoms with Gasteiger partial charge in [-0.3, -0.25) is 25.6 Å². The first-order valence-corrected chi connectivity index (χ1v) is 10.2. The van der Waals surface area contributed by atoms with E-state index in [9.17, 15) is 0 Å². The quantitative estimate of drug-likeness (QED) is 0.551. The van der Waals surface area contributed by atoms with Gasteiger partial charge < -0.3 is 0 Å². The SMILES string of the molecule is Cc1ccc2c(c1)CN(C)CC(=N)N2C(=N)C1CCCCC1.c1ccncc1. The summed E-state index contributed by atoms with van der Waals surface area (Å²) >= 11 is 0. The second-order valence-electron chi connectivity index (χ2n) is 7.83. The molecule has 2 heterocycles. The summed E-state index contributed by atoms with van der Waals surface area (Å²) in [6.45, 7) is 3.55. The normalized spacial score (nSPS) is 17.9. The Bertz CT molecular complexity index is 769. The van der Waals surface area contributed by atoms with Gasteiger partial charge >= 0.3 is 0 Å². The molecule has 2 aliphatic rings. The van der Waals surface area contributed by atoms with Crippen LogP contribution in [0.15, 0.2) is 48.8 Å². The summed E-state index contributed by atoms with van der Waals surface area (Å²) in [4.78, 5) is 7.86. The predicted molar refractivity (Wildman–Crippen MR) is 116 cm³/mol. The lowest BCUT2D eigenvalue weighted by molar-refractivity contribution is 0.376. The molecule has 0 saturated heterocycles. The highest BCUT2D eigenvalue weighted by Crippen LogP contribution is 2.32. The van der Waals surface area contributed by atoms with Gasteiger partial charge in [-0.1, -0.05) is 43.0 Å². The second kappa shape index (κ2) is 9.60. The fraction of sp³-hybridized carbons (Fsp3) is 0.435. The van der Waals surface area contributed by atoms with Crippen molar-refractivity contribution in [3.8, 4) is 0 Å². The molecule has 1 saturated carbocycles. The number of hydrogen-bond acceptors (Lipinski definition) is 4. The number of aryl methyl sites for hydroxylation is 1. The molecular formula is C23H31N5. The Morgan fingerprint density at radius 3 is 2.36 bits per heavy atom. The van der Waals surface area contributed by atoms with Gasteiger partial charge in [-0.05, 0) is 50.6 Å². The van der Waals surface area contributed by atoms with E-state index < -0.39 is 0 Å². The number of likely N-dealkylation sites (N-methyl/N-ethyl adjacent to an activating group) is 1. The maximum absolute atomic E-state index is 8.72. The van der Waals surface area contributed by atoms with Gasteiger partial charge in [0.25, 0.3) is 0 Å². The molecule has 4 rings (SSSR count). The first kappa shape index (κ1) is 20.2. The van der Waals surface area contributed by atoms with Crippen LogP contribution in [0.4, 0.5) is 5.69 Å². The molecule has 1 aromatic carbocycles. The van der Waals surface area contributed by atoms with Crippen molar-refractivity contribution in [2.45, 2.75) is 45.6 Å². The average Bonchev–Trinajstić information content (AvgIpc) is 2.84. The molecule has 28 heavy (non-hydrogen) atoms. The van der Waals surface area contributed by atoms with Crippen molar-refractivity contribution < 1.29 is 0 Å². The highest BCUT2D eigenvalue weighted by molar-refractivity contribution is 6.19. The van der Waals surface area contributed by atoms with Gasteiger partial charge in [0.15, 0.2) is 0 Å². The third-order valence-corrected chi connectivity index (χ3v) is 5.41. The van der Waals surface area contributed by atoms with Crippen molar-refractivity contribution in [3.63, 3.8) is 0 Å². The van der Waals surface area contributed by atoms with Gasteiger partial charge in [0, 0.05) is 24.9 Å². The number of nitrogens with zero attached hydrogens (tertiary/aromatic N) is 3. The van der Waals surface area contributed by atoms with E-state index >= 15 is 0 Å². The molecule has 1 aromatic heterocycles. The summed E-state index contributed by atoms with van der Waals surface area (Å²) in [5.74, 6) is 1.47. The van der Waals surface area contributed by atoms with Crippen LogP contribution in [0.1, 0.15) is 43.2 Å². The van der Waals surface area contributed by atoms with Gasteiger partial charge in [-0.2, -0.15) is 0 Å². The van der Waals surface area contributed by atoms with Crippen molar-refractivity contribution in [1.29, 1.82) is 10.8 Å². The maximum atomic E-state index is 8.72. The summed E-state index contributed by atoms with van der Waals surface area (Å²) in [5, 5.41) is 17.2. The van der Waals surface area contributed by atoms with Crippen LogP contribution in [0.3, 0.4) is 0 Å². The number of hydrogen-bond donors (Lipinski definition) is 2. The number of benzene rings is 1. The Hall–Kier alpha value is -2.53. The van der Waals surface area contributed by atoms with Crippen molar-refractivity contribution in [3.05, 3.63) is 59.9 Å².